The highest BCUT2D eigenvalue weighted by atomic mass is 35.5. The van der Waals surface area contributed by atoms with Crippen LogP contribution in [0.5, 0.6) is 0 Å². The number of hydrogen-bond acceptors (Lipinski definition) is 6. The third-order valence-electron chi connectivity index (χ3n) is 2.24. The van der Waals surface area contributed by atoms with Crippen LogP contribution in [0, 0.1) is 0 Å². The van der Waals surface area contributed by atoms with Crippen LogP contribution < -0.4 is 4.72 Å². The van der Waals surface area contributed by atoms with Gasteiger partial charge in [-0.3, -0.25) is 4.72 Å². The van der Waals surface area contributed by atoms with E-state index in [2.05, 4.69) is 14.9 Å². The monoisotopic (exact) mass is 333 g/mol. The molecule has 0 amide bonds. The van der Waals surface area contributed by atoms with Crippen LogP contribution in [-0.2, 0) is 21.4 Å². The first-order valence-electron chi connectivity index (χ1n) is 5.70. The summed E-state index contributed by atoms with van der Waals surface area (Å²) in [6.45, 7) is 2.74. The number of halogens is 1. The molecule has 1 heterocycles. The minimum absolute atomic E-state index is 0.114. The van der Waals surface area contributed by atoms with Gasteiger partial charge in [-0.15, -0.1) is 10.2 Å². The van der Waals surface area contributed by atoms with E-state index in [0.717, 1.165) is 11.3 Å². The van der Waals surface area contributed by atoms with Gasteiger partial charge in [0.05, 0.1) is 4.90 Å². The zero-order valence-corrected chi connectivity index (χ0v) is 12.9. The Hall–Kier alpha value is -1.22. The van der Waals surface area contributed by atoms with E-state index in [1.165, 1.54) is 24.3 Å². The molecule has 6 nitrogen and oxygen atoms in total. The van der Waals surface area contributed by atoms with Crippen molar-refractivity contribution >= 4 is 38.1 Å². The zero-order chi connectivity index (χ0) is 14.6. The highest BCUT2D eigenvalue weighted by molar-refractivity contribution is 7.93. The molecule has 0 spiro atoms. The molecular formula is C11H12ClN3O3S2. The van der Waals surface area contributed by atoms with E-state index in [-0.39, 0.29) is 10.0 Å². The van der Waals surface area contributed by atoms with Crippen LogP contribution in [0.4, 0.5) is 5.13 Å². The number of nitrogens with zero attached hydrogens (tertiary/aromatic N) is 2. The van der Waals surface area contributed by atoms with E-state index in [4.69, 9.17) is 16.3 Å². The van der Waals surface area contributed by atoms with Crippen molar-refractivity contribution in [1.82, 2.24) is 10.2 Å². The van der Waals surface area contributed by atoms with Gasteiger partial charge in [0.1, 0.15) is 11.6 Å². The lowest BCUT2D eigenvalue weighted by Gasteiger charge is -2.04. The Bertz CT molecular complexity index is 670. The summed E-state index contributed by atoms with van der Waals surface area (Å²) in [5, 5.41) is 8.90. The summed E-state index contributed by atoms with van der Waals surface area (Å²) in [5.41, 5.74) is 0. The SMILES string of the molecule is CCOCc1nnc(NS(=O)(=O)c2ccc(Cl)cc2)s1. The maximum absolute atomic E-state index is 12.1. The van der Waals surface area contributed by atoms with Gasteiger partial charge in [-0.25, -0.2) is 8.42 Å². The highest BCUT2D eigenvalue weighted by Crippen LogP contribution is 2.21. The van der Waals surface area contributed by atoms with E-state index < -0.39 is 10.0 Å². The Morgan fingerprint density at radius 3 is 2.65 bits per heavy atom. The number of sulfonamides is 1. The Morgan fingerprint density at radius 2 is 2.00 bits per heavy atom. The molecule has 0 aliphatic heterocycles. The van der Waals surface area contributed by atoms with E-state index in [0.29, 0.717) is 23.2 Å². The number of nitrogens with one attached hydrogen (secondary N) is 1. The minimum atomic E-state index is -3.68. The number of hydrogen-bond donors (Lipinski definition) is 1. The number of aromatic nitrogens is 2. The summed E-state index contributed by atoms with van der Waals surface area (Å²) in [7, 11) is -3.68. The molecular weight excluding hydrogens is 322 g/mol. The van der Waals surface area contributed by atoms with Gasteiger partial charge in [-0.05, 0) is 31.2 Å². The number of benzene rings is 1. The summed E-state index contributed by atoms with van der Waals surface area (Å²) in [5.74, 6) is 0. The Morgan fingerprint density at radius 1 is 1.30 bits per heavy atom. The van der Waals surface area contributed by atoms with Crippen molar-refractivity contribution in [3.63, 3.8) is 0 Å². The predicted octanol–water partition coefficient (Wildman–Crippen LogP) is 2.53. The molecule has 20 heavy (non-hydrogen) atoms. The minimum Gasteiger partial charge on any atom is -0.374 e. The first-order valence-corrected chi connectivity index (χ1v) is 8.37. The van der Waals surface area contributed by atoms with E-state index >= 15 is 0 Å². The smallest absolute Gasteiger partial charge is 0.263 e. The molecule has 1 aromatic carbocycles. The van der Waals surface area contributed by atoms with Crippen molar-refractivity contribution in [3.8, 4) is 0 Å². The molecule has 0 atom stereocenters. The van der Waals surface area contributed by atoms with E-state index in [1.807, 2.05) is 6.92 Å². The topological polar surface area (TPSA) is 81.2 Å². The first kappa shape index (κ1) is 15.2. The lowest BCUT2D eigenvalue weighted by Crippen LogP contribution is -2.12. The maximum atomic E-state index is 12.1. The normalized spacial score (nSPS) is 11.5. The molecule has 1 N–H and O–H groups in total. The van der Waals surface area contributed by atoms with Gasteiger partial charge < -0.3 is 4.74 Å². The van der Waals surface area contributed by atoms with Gasteiger partial charge in [0, 0.05) is 11.6 Å². The number of anilines is 1. The predicted molar refractivity (Wildman–Crippen MR) is 77.5 cm³/mol. The number of rotatable bonds is 6. The molecule has 2 aromatic rings. The van der Waals surface area contributed by atoms with E-state index in [1.54, 1.807) is 0 Å². The Kier molecular flexibility index (Phi) is 4.92. The van der Waals surface area contributed by atoms with Crippen molar-refractivity contribution in [2.75, 3.05) is 11.3 Å². The fourth-order valence-electron chi connectivity index (χ4n) is 1.33. The fourth-order valence-corrected chi connectivity index (χ4v) is 3.36. The summed E-state index contributed by atoms with van der Waals surface area (Å²) >= 11 is 6.86. The van der Waals surface area contributed by atoms with Gasteiger partial charge in [-0.2, -0.15) is 0 Å². The average Bonchev–Trinajstić information content (AvgIpc) is 2.83. The number of ether oxygens (including phenoxy) is 1. The fraction of sp³-hybridized carbons (Fsp3) is 0.273. The average molecular weight is 334 g/mol. The summed E-state index contributed by atoms with van der Waals surface area (Å²) < 4.78 is 31.7. The van der Waals surface area contributed by atoms with Crippen LogP contribution >= 0.6 is 22.9 Å². The van der Waals surface area contributed by atoms with Gasteiger partial charge in [0.15, 0.2) is 0 Å². The highest BCUT2D eigenvalue weighted by Gasteiger charge is 2.16. The van der Waals surface area contributed by atoms with Crippen LogP contribution in [0.1, 0.15) is 11.9 Å². The second kappa shape index (κ2) is 6.49. The molecule has 0 unspecified atom stereocenters. The molecule has 0 aliphatic rings. The summed E-state index contributed by atoms with van der Waals surface area (Å²) in [6, 6.07) is 5.87. The molecule has 0 fully saturated rings. The van der Waals surface area contributed by atoms with Crippen molar-refractivity contribution < 1.29 is 13.2 Å². The van der Waals surface area contributed by atoms with Crippen molar-refractivity contribution in [2.24, 2.45) is 0 Å². The van der Waals surface area contributed by atoms with Gasteiger partial charge in [0.2, 0.25) is 5.13 Å². The zero-order valence-electron chi connectivity index (χ0n) is 10.5. The van der Waals surface area contributed by atoms with Gasteiger partial charge >= 0.3 is 0 Å². The second-order valence-electron chi connectivity index (χ2n) is 3.70. The molecule has 1 aromatic heterocycles. The third kappa shape index (κ3) is 3.89. The van der Waals surface area contributed by atoms with Gasteiger partial charge in [-0.1, -0.05) is 22.9 Å². The van der Waals surface area contributed by atoms with Crippen molar-refractivity contribution in [3.05, 3.63) is 34.3 Å². The largest absolute Gasteiger partial charge is 0.374 e. The Labute approximate surface area is 125 Å². The van der Waals surface area contributed by atoms with Crippen LogP contribution in [0.25, 0.3) is 0 Å². The summed E-state index contributed by atoms with van der Waals surface area (Å²) in [6.07, 6.45) is 0. The maximum Gasteiger partial charge on any atom is 0.263 e. The molecule has 0 bridgehead atoms. The standard InChI is InChI=1S/C11H12ClN3O3S2/c1-2-18-7-10-13-14-11(19-10)15-20(16,17)9-5-3-8(12)4-6-9/h3-6H,2,7H2,1H3,(H,14,15). The van der Waals surface area contributed by atoms with Crippen LogP contribution in [0.15, 0.2) is 29.2 Å². The summed E-state index contributed by atoms with van der Waals surface area (Å²) in [4.78, 5) is 0.114. The molecule has 0 radical (unpaired) electrons. The van der Waals surface area contributed by atoms with Crippen molar-refractivity contribution in [2.45, 2.75) is 18.4 Å². The lowest BCUT2D eigenvalue weighted by molar-refractivity contribution is 0.133. The quantitative estimate of drug-likeness (QED) is 0.878. The molecule has 0 aliphatic carbocycles. The molecule has 0 saturated carbocycles. The second-order valence-corrected chi connectivity index (χ2v) is 6.88. The van der Waals surface area contributed by atoms with Crippen LogP contribution in [0.3, 0.4) is 0 Å². The molecule has 2 rings (SSSR count). The van der Waals surface area contributed by atoms with Crippen molar-refractivity contribution in [1.29, 1.82) is 0 Å². The lowest BCUT2D eigenvalue weighted by atomic mass is 10.4. The molecule has 108 valence electrons. The third-order valence-corrected chi connectivity index (χ3v) is 4.79. The van der Waals surface area contributed by atoms with Crippen LogP contribution in [0.2, 0.25) is 5.02 Å². The Balaban J connectivity index is 2.12. The molecule has 0 saturated heterocycles. The van der Waals surface area contributed by atoms with Crippen LogP contribution in [-0.4, -0.2) is 25.2 Å². The van der Waals surface area contributed by atoms with E-state index in [9.17, 15) is 8.42 Å². The first-order chi connectivity index (χ1) is 9.51. The molecule has 9 heteroatoms. The van der Waals surface area contributed by atoms with Gasteiger partial charge in [0.25, 0.3) is 10.0 Å².